The van der Waals surface area contributed by atoms with E-state index >= 15 is 0 Å². The summed E-state index contributed by atoms with van der Waals surface area (Å²) in [6.45, 7) is 2.33. The van der Waals surface area contributed by atoms with E-state index in [1.807, 2.05) is 29.0 Å². The molecule has 3 rings (SSSR count). The van der Waals surface area contributed by atoms with Gasteiger partial charge in [-0.3, -0.25) is 9.59 Å². The minimum atomic E-state index is -1.06. The van der Waals surface area contributed by atoms with Gasteiger partial charge in [-0.15, -0.1) is 21.5 Å². The molecular formula is C18H17F2N5O2S2. The second kappa shape index (κ2) is 9.61. The van der Waals surface area contributed by atoms with Gasteiger partial charge in [-0.1, -0.05) is 17.8 Å². The SMILES string of the molecule is CCn1c(SCC(=O)NCC(=O)Nc2ccc(F)c(F)c2)nnc1-c1cccs1. The lowest BCUT2D eigenvalue weighted by molar-refractivity contribution is -0.122. The normalized spacial score (nSPS) is 10.7. The Bertz CT molecular complexity index is 1010. The number of hydrogen-bond acceptors (Lipinski definition) is 6. The molecule has 0 spiro atoms. The van der Waals surface area contributed by atoms with Crippen LogP contribution >= 0.6 is 23.1 Å². The predicted molar refractivity (Wildman–Crippen MR) is 108 cm³/mol. The number of aromatic nitrogens is 3. The van der Waals surface area contributed by atoms with E-state index in [0.717, 1.165) is 22.8 Å². The molecule has 0 radical (unpaired) electrons. The molecule has 2 amide bonds. The lowest BCUT2D eigenvalue weighted by Gasteiger charge is -2.08. The third-order valence-corrected chi connectivity index (χ3v) is 5.59. The van der Waals surface area contributed by atoms with Gasteiger partial charge in [0.15, 0.2) is 22.6 Å². The molecule has 0 bridgehead atoms. The highest BCUT2D eigenvalue weighted by molar-refractivity contribution is 7.99. The van der Waals surface area contributed by atoms with Crippen LogP contribution in [0.15, 0.2) is 40.9 Å². The Morgan fingerprint density at radius 3 is 2.69 bits per heavy atom. The van der Waals surface area contributed by atoms with Crippen molar-refractivity contribution in [3.8, 4) is 10.7 Å². The Morgan fingerprint density at radius 1 is 1.17 bits per heavy atom. The zero-order valence-electron chi connectivity index (χ0n) is 15.3. The Kier molecular flexibility index (Phi) is 6.94. The number of halogens is 2. The third kappa shape index (κ3) is 5.39. The first kappa shape index (κ1) is 20.9. The van der Waals surface area contributed by atoms with E-state index in [2.05, 4.69) is 20.8 Å². The Morgan fingerprint density at radius 2 is 2.00 bits per heavy atom. The number of hydrogen-bond donors (Lipinski definition) is 2. The van der Waals surface area contributed by atoms with Gasteiger partial charge >= 0.3 is 0 Å². The molecule has 7 nitrogen and oxygen atoms in total. The van der Waals surface area contributed by atoms with E-state index in [4.69, 9.17) is 0 Å². The first-order valence-electron chi connectivity index (χ1n) is 8.59. The average Bonchev–Trinajstić information content (AvgIpc) is 3.36. The molecule has 0 aliphatic carbocycles. The summed E-state index contributed by atoms with van der Waals surface area (Å²) in [6, 6.07) is 6.90. The molecule has 2 aromatic heterocycles. The van der Waals surface area contributed by atoms with Gasteiger partial charge in [-0.05, 0) is 30.5 Å². The molecule has 0 aliphatic heterocycles. The van der Waals surface area contributed by atoms with Crippen molar-refractivity contribution in [1.29, 1.82) is 0 Å². The van der Waals surface area contributed by atoms with Gasteiger partial charge in [-0.25, -0.2) is 8.78 Å². The number of rotatable bonds is 8. The maximum atomic E-state index is 13.1. The molecule has 0 aliphatic rings. The van der Waals surface area contributed by atoms with Crippen molar-refractivity contribution in [3.05, 3.63) is 47.3 Å². The van der Waals surface area contributed by atoms with Crippen molar-refractivity contribution < 1.29 is 18.4 Å². The number of carbonyl (C=O) groups excluding carboxylic acids is 2. The maximum Gasteiger partial charge on any atom is 0.243 e. The summed E-state index contributed by atoms with van der Waals surface area (Å²) in [5.41, 5.74) is 0.106. The average molecular weight is 437 g/mol. The van der Waals surface area contributed by atoms with Crippen molar-refractivity contribution in [2.45, 2.75) is 18.6 Å². The van der Waals surface area contributed by atoms with Gasteiger partial charge in [0.05, 0.1) is 17.2 Å². The number of amides is 2. The van der Waals surface area contributed by atoms with Crippen LogP contribution < -0.4 is 10.6 Å². The first-order valence-corrected chi connectivity index (χ1v) is 10.5. The maximum absolute atomic E-state index is 13.1. The summed E-state index contributed by atoms with van der Waals surface area (Å²) in [6.07, 6.45) is 0. The topological polar surface area (TPSA) is 88.9 Å². The standard InChI is InChI=1S/C18H17F2N5O2S2/c1-2-25-17(14-4-3-7-28-14)23-24-18(25)29-10-16(27)21-9-15(26)22-11-5-6-12(19)13(20)8-11/h3-8H,2,9-10H2,1H3,(H,21,27)(H,22,26). The molecule has 3 aromatic rings. The molecule has 1 aromatic carbocycles. The number of benzene rings is 1. The van der Waals surface area contributed by atoms with Crippen molar-refractivity contribution in [2.24, 2.45) is 0 Å². The van der Waals surface area contributed by atoms with E-state index in [1.54, 1.807) is 11.3 Å². The van der Waals surface area contributed by atoms with Gasteiger partial charge in [0.25, 0.3) is 0 Å². The fourth-order valence-electron chi connectivity index (χ4n) is 2.41. The van der Waals surface area contributed by atoms with E-state index < -0.39 is 17.5 Å². The van der Waals surface area contributed by atoms with Crippen LogP contribution in [0.25, 0.3) is 10.7 Å². The fourth-order valence-corrected chi connectivity index (χ4v) is 3.96. The van der Waals surface area contributed by atoms with Gasteiger partial charge in [-0.2, -0.15) is 0 Å². The predicted octanol–water partition coefficient (Wildman–Crippen LogP) is 3.15. The Labute approximate surface area is 173 Å². The van der Waals surface area contributed by atoms with Crippen LogP contribution in [-0.2, 0) is 16.1 Å². The molecule has 29 heavy (non-hydrogen) atoms. The highest BCUT2D eigenvalue weighted by Crippen LogP contribution is 2.27. The van der Waals surface area contributed by atoms with Crippen molar-refractivity contribution in [3.63, 3.8) is 0 Å². The van der Waals surface area contributed by atoms with E-state index in [1.165, 1.54) is 17.8 Å². The number of nitrogens with zero attached hydrogens (tertiary/aromatic N) is 3. The monoisotopic (exact) mass is 437 g/mol. The molecule has 0 saturated carbocycles. The molecule has 2 heterocycles. The molecule has 0 fully saturated rings. The van der Waals surface area contributed by atoms with Gasteiger partial charge in [0.1, 0.15) is 0 Å². The van der Waals surface area contributed by atoms with E-state index in [0.29, 0.717) is 11.7 Å². The molecule has 2 N–H and O–H groups in total. The van der Waals surface area contributed by atoms with Crippen LogP contribution in [0.3, 0.4) is 0 Å². The Balaban J connectivity index is 1.49. The molecule has 0 saturated heterocycles. The van der Waals surface area contributed by atoms with Crippen LogP contribution in [0.4, 0.5) is 14.5 Å². The molecule has 0 atom stereocenters. The Hall–Kier alpha value is -2.79. The smallest absolute Gasteiger partial charge is 0.243 e. The van der Waals surface area contributed by atoms with Crippen LogP contribution in [-0.4, -0.2) is 38.9 Å². The van der Waals surface area contributed by atoms with Crippen molar-refractivity contribution in [2.75, 3.05) is 17.6 Å². The van der Waals surface area contributed by atoms with Crippen molar-refractivity contribution in [1.82, 2.24) is 20.1 Å². The van der Waals surface area contributed by atoms with Crippen LogP contribution in [0.1, 0.15) is 6.92 Å². The van der Waals surface area contributed by atoms with Crippen LogP contribution in [0, 0.1) is 11.6 Å². The van der Waals surface area contributed by atoms with Gasteiger partial charge in [0, 0.05) is 18.3 Å². The lowest BCUT2D eigenvalue weighted by atomic mass is 10.3. The fraction of sp³-hybridized carbons (Fsp3) is 0.222. The first-order chi connectivity index (χ1) is 14.0. The molecular weight excluding hydrogens is 420 g/mol. The molecule has 152 valence electrons. The molecule has 0 unspecified atom stereocenters. The van der Waals surface area contributed by atoms with Crippen LogP contribution in [0.2, 0.25) is 0 Å². The van der Waals surface area contributed by atoms with E-state index in [9.17, 15) is 18.4 Å². The van der Waals surface area contributed by atoms with Crippen molar-refractivity contribution >= 4 is 40.6 Å². The highest BCUT2D eigenvalue weighted by Gasteiger charge is 2.15. The summed E-state index contributed by atoms with van der Waals surface area (Å²) >= 11 is 2.77. The van der Waals surface area contributed by atoms with Gasteiger partial charge in [0.2, 0.25) is 11.8 Å². The summed E-state index contributed by atoms with van der Waals surface area (Å²) in [4.78, 5) is 24.9. The van der Waals surface area contributed by atoms with Gasteiger partial charge < -0.3 is 15.2 Å². The lowest BCUT2D eigenvalue weighted by Crippen LogP contribution is -2.34. The molecule has 11 heteroatoms. The number of carbonyl (C=O) groups is 2. The van der Waals surface area contributed by atoms with Crippen LogP contribution in [0.5, 0.6) is 0 Å². The number of nitrogens with one attached hydrogen (secondary N) is 2. The summed E-state index contributed by atoms with van der Waals surface area (Å²) in [5, 5.41) is 15.8. The minimum Gasteiger partial charge on any atom is -0.346 e. The second-order valence-corrected chi connectivity index (χ2v) is 7.66. The summed E-state index contributed by atoms with van der Waals surface area (Å²) < 4.78 is 28.0. The third-order valence-electron chi connectivity index (χ3n) is 3.76. The zero-order valence-corrected chi connectivity index (χ0v) is 16.9. The highest BCUT2D eigenvalue weighted by atomic mass is 32.2. The largest absolute Gasteiger partial charge is 0.346 e. The quantitative estimate of drug-likeness (QED) is 0.529. The number of thiophene rings is 1. The number of anilines is 1. The summed E-state index contributed by atoms with van der Waals surface area (Å²) in [5.74, 6) is -2.18. The second-order valence-electron chi connectivity index (χ2n) is 5.77. The summed E-state index contributed by atoms with van der Waals surface area (Å²) in [7, 11) is 0. The number of thioether (sulfide) groups is 1. The van der Waals surface area contributed by atoms with E-state index in [-0.39, 0.29) is 23.9 Å². The minimum absolute atomic E-state index is 0.0566. The zero-order chi connectivity index (χ0) is 20.8.